The largest absolute Gasteiger partial charge is 0.414 e. The monoisotopic (exact) mass is 517 g/mol. The number of thiophene rings is 2. The minimum absolute atomic E-state index is 0. The summed E-state index contributed by atoms with van der Waals surface area (Å²) in [5, 5.41) is 10.5. The van der Waals surface area contributed by atoms with Gasteiger partial charge in [0.15, 0.2) is 0 Å². The molecule has 2 nitrogen and oxygen atoms in total. The van der Waals surface area contributed by atoms with E-state index in [4.69, 9.17) is 0 Å². The fourth-order valence-corrected chi connectivity index (χ4v) is 3.39. The van der Waals surface area contributed by atoms with Crippen molar-refractivity contribution < 1.29 is 20.1 Å². The van der Waals surface area contributed by atoms with Crippen molar-refractivity contribution in [1.29, 1.82) is 0 Å². The number of rotatable bonds is 2. The Morgan fingerprint density at radius 3 is 1.48 bits per heavy atom. The minimum atomic E-state index is 0. The fraction of sp³-hybridized carbons (Fsp3) is 0. The number of hydrogen-bond donors (Lipinski definition) is 2. The van der Waals surface area contributed by atoms with E-state index in [1.54, 1.807) is 22.7 Å². The molecule has 2 N–H and O–H groups in total. The van der Waals surface area contributed by atoms with Crippen LogP contribution in [0.4, 0.5) is 0 Å². The maximum atomic E-state index is 3.18. The number of hydrogen-bond acceptors (Lipinski definition) is 4. The van der Waals surface area contributed by atoms with Crippen LogP contribution in [-0.4, -0.2) is 0 Å². The number of allylic oxidation sites excluding steroid dienone is 4. The molecule has 2 aliphatic rings. The molecule has 4 heterocycles. The zero-order chi connectivity index (χ0) is 15.0. The van der Waals surface area contributed by atoms with E-state index in [0.29, 0.717) is 0 Å². The SMILES string of the molecule is C1=CN[C-](c2cccs2)C=C1.C1=CN[C-](c2cccs2)C=C1.[Ir]. The summed E-state index contributed by atoms with van der Waals surface area (Å²) in [7, 11) is 0. The first kappa shape index (κ1) is 17.7. The summed E-state index contributed by atoms with van der Waals surface area (Å²) in [4.78, 5) is 2.57. The van der Waals surface area contributed by atoms with Crippen molar-refractivity contribution in [3.05, 3.63) is 106 Å². The average Bonchev–Trinajstić information content (AvgIpc) is 3.31. The van der Waals surface area contributed by atoms with E-state index in [2.05, 4.69) is 57.8 Å². The van der Waals surface area contributed by atoms with Gasteiger partial charge >= 0.3 is 0 Å². The van der Waals surface area contributed by atoms with Gasteiger partial charge < -0.3 is 10.6 Å². The molecule has 0 bridgehead atoms. The molecule has 1 radical (unpaired) electrons. The second-order valence-electron chi connectivity index (χ2n) is 4.51. The zero-order valence-electron chi connectivity index (χ0n) is 12.2. The van der Waals surface area contributed by atoms with Gasteiger partial charge in [-0.3, -0.25) is 0 Å². The van der Waals surface area contributed by atoms with Crippen LogP contribution in [0.3, 0.4) is 0 Å². The first-order valence-electron chi connectivity index (χ1n) is 6.95. The third-order valence-corrected chi connectivity index (χ3v) is 4.80. The van der Waals surface area contributed by atoms with Gasteiger partial charge in [-0.25, -0.2) is 0 Å². The third kappa shape index (κ3) is 5.19. The fourth-order valence-electron chi connectivity index (χ4n) is 1.96. The first-order chi connectivity index (χ1) is 10.9. The average molecular weight is 517 g/mol. The van der Waals surface area contributed by atoms with Crippen LogP contribution < -0.4 is 10.6 Å². The van der Waals surface area contributed by atoms with Crippen LogP contribution in [-0.2, 0) is 20.1 Å². The van der Waals surface area contributed by atoms with E-state index in [1.807, 2.05) is 36.7 Å². The Kier molecular flexibility index (Phi) is 7.29. The normalized spacial score (nSPS) is 14.4. The number of nitrogens with one attached hydrogen (secondary N) is 2. The zero-order valence-corrected chi connectivity index (χ0v) is 16.3. The van der Waals surface area contributed by atoms with E-state index in [0.717, 1.165) is 0 Å². The number of dihydropyridines is 2. The van der Waals surface area contributed by atoms with E-state index < -0.39 is 0 Å². The minimum Gasteiger partial charge on any atom is -0.414 e. The molecule has 5 heteroatoms. The quantitative estimate of drug-likeness (QED) is 0.571. The Morgan fingerprint density at radius 2 is 1.17 bits per heavy atom. The van der Waals surface area contributed by atoms with E-state index >= 15 is 0 Å². The molecule has 121 valence electrons. The molecule has 0 unspecified atom stereocenters. The molecule has 0 amide bonds. The molecule has 23 heavy (non-hydrogen) atoms. The van der Waals surface area contributed by atoms with E-state index in [9.17, 15) is 0 Å². The Hall–Kier alpha value is -1.65. The van der Waals surface area contributed by atoms with Crippen LogP contribution in [0.15, 0.2) is 83.9 Å². The van der Waals surface area contributed by atoms with Crippen LogP contribution in [0.2, 0.25) is 0 Å². The van der Waals surface area contributed by atoms with Gasteiger partial charge in [0.2, 0.25) is 0 Å². The molecule has 2 aliphatic heterocycles. The van der Waals surface area contributed by atoms with Gasteiger partial charge in [0, 0.05) is 20.1 Å². The summed E-state index contributed by atoms with van der Waals surface area (Å²) in [6.45, 7) is 0. The van der Waals surface area contributed by atoms with Gasteiger partial charge in [-0.15, -0.1) is 48.6 Å². The molecular formula is C18H16IrN2S2-2. The molecule has 0 saturated heterocycles. The maximum absolute atomic E-state index is 3.18. The molecule has 0 saturated carbocycles. The summed E-state index contributed by atoms with van der Waals surface area (Å²) < 4.78 is 0. The predicted octanol–water partition coefficient (Wildman–Crippen LogP) is 4.60. The van der Waals surface area contributed by atoms with Crippen LogP contribution in [0.25, 0.3) is 0 Å². The Morgan fingerprint density at radius 1 is 0.696 bits per heavy atom. The Bertz CT molecular complexity index is 610. The molecule has 4 rings (SSSR count). The van der Waals surface area contributed by atoms with Gasteiger partial charge in [-0.05, 0) is 23.2 Å². The molecule has 0 fully saturated rings. The van der Waals surface area contributed by atoms with Gasteiger partial charge in [0.05, 0.1) is 0 Å². The standard InChI is InChI=1S/2C9H8NS.Ir/c2*1-2-6-10-8(4-1)9-5-3-7-11-9;/h2*1-7,10H;/q2*-1;. The summed E-state index contributed by atoms with van der Waals surface area (Å²) in [5.74, 6) is 0. The first-order valence-corrected chi connectivity index (χ1v) is 8.70. The van der Waals surface area contributed by atoms with Crippen molar-refractivity contribution in [2.45, 2.75) is 0 Å². The molecule has 0 spiro atoms. The summed E-state index contributed by atoms with van der Waals surface area (Å²) >= 11 is 3.49. The summed E-state index contributed by atoms with van der Waals surface area (Å²) in [6, 6.07) is 10.7. The van der Waals surface area contributed by atoms with Crippen molar-refractivity contribution in [2.75, 3.05) is 0 Å². The maximum Gasteiger partial charge on any atom is 0 e. The molecule has 0 aliphatic carbocycles. The topological polar surface area (TPSA) is 24.1 Å². The molecule has 0 aromatic carbocycles. The van der Waals surface area contributed by atoms with Crippen LogP contribution in [0, 0.1) is 12.1 Å². The molecule has 2 aromatic heterocycles. The smallest absolute Gasteiger partial charge is 0 e. The van der Waals surface area contributed by atoms with Gasteiger partial charge in [0.25, 0.3) is 0 Å². The van der Waals surface area contributed by atoms with Crippen molar-refractivity contribution >= 4 is 22.7 Å². The Labute approximate surface area is 158 Å². The molecular weight excluding hydrogens is 501 g/mol. The second-order valence-corrected chi connectivity index (χ2v) is 6.40. The van der Waals surface area contributed by atoms with E-state index in [1.165, 1.54) is 21.8 Å². The van der Waals surface area contributed by atoms with Gasteiger partial charge in [-0.1, -0.05) is 21.8 Å². The van der Waals surface area contributed by atoms with E-state index in [-0.39, 0.29) is 20.1 Å². The molecule has 0 atom stereocenters. The van der Waals surface area contributed by atoms with Crippen molar-refractivity contribution in [3.8, 4) is 0 Å². The second kappa shape index (κ2) is 9.48. The van der Waals surface area contributed by atoms with Crippen LogP contribution in [0.5, 0.6) is 0 Å². The van der Waals surface area contributed by atoms with Crippen LogP contribution >= 0.6 is 22.7 Å². The van der Waals surface area contributed by atoms with Gasteiger partial charge in [0.1, 0.15) is 0 Å². The van der Waals surface area contributed by atoms with Crippen molar-refractivity contribution in [1.82, 2.24) is 10.6 Å². The van der Waals surface area contributed by atoms with Crippen LogP contribution in [0.1, 0.15) is 9.75 Å². The van der Waals surface area contributed by atoms with Crippen molar-refractivity contribution in [2.24, 2.45) is 0 Å². The third-order valence-electron chi connectivity index (χ3n) is 2.99. The molecule has 2 aromatic rings. The summed E-state index contributed by atoms with van der Waals surface area (Å²) in [5.41, 5.74) is 0. The van der Waals surface area contributed by atoms with Gasteiger partial charge in [-0.2, -0.15) is 34.8 Å². The van der Waals surface area contributed by atoms with Crippen molar-refractivity contribution in [3.63, 3.8) is 0 Å². The predicted molar refractivity (Wildman–Crippen MR) is 96.2 cm³/mol. The Balaban J connectivity index is 0.000000160. The summed E-state index contributed by atoms with van der Waals surface area (Å²) in [6.07, 6.45) is 16.1.